The number of nitriles is 1. The minimum absolute atomic E-state index is 0.0307. The predicted molar refractivity (Wildman–Crippen MR) is 121 cm³/mol. The first-order chi connectivity index (χ1) is 16.4. The molecule has 10 nitrogen and oxygen atoms in total. The number of fused-ring (bicyclic) bond motifs is 1. The number of amides is 3. The van der Waals surface area contributed by atoms with E-state index in [9.17, 15) is 32.8 Å². The Morgan fingerprint density at radius 1 is 1.19 bits per heavy atom. The summed E-state index contributed by atoms with van der Waals surface area (Å²) in [6, 6.07) is -1.45. The lowest BCUT2D eigenvalue weighted by Gasteiger charge is -2.37. The van der Waals surface area contributed by atoms with Gasteiger partial charge in [0.05, 0.1) is 24.0 Å². The summed E-state index contributed by atoms with van der Waals surface area (Å²) in [6.07, 6.45) is -5.16. The zero-order chi connectivity index (χ0) is 27.4. The smallest absolute Gasteiger partial charge is 0.337 e. The van der Waals surface area contributed by atoms with E-state index in [2.05, 4.69) is 15.6 Å². The third-order valence-electron chi connectivity index (χ3n) is 7.45. The van der Waals surface area contributed by atoms with E-state index in [1.807, 2.05) is 25.2 Å². The second-order valence-corrected chi connectivity index (χ2v) is 11.3. The topological polar surface area (TPSA) is 133 Å². The Bertz CT molecular complexity index is 1100. The zero-order valence-corrected chi connectivity index (χ0v) is 21.4. The van der Waals surface area contributed by atoms with Crippen LogP contribution in [-0.2, 0) is 20.9 Å². The van der Waals surface area contributed by atoms with Crippen molar-refractivity contribution in [3.8, 4) is 6.07 Å². The van der Waals surface area contributed by atoms with Gasteiger partial charge in [-0.3, -0.25) is 14.4 Å². The number of aromatic nitrogens is 3. The van der Waals surface area contributed by atoms with Gasteiger partial charge in [0.25, 0.3) is 0 Å². The SMILES string of the molecule is Cc1nnn(C[C@@H](C#N)NC(=O)[C@@H]2[C@H]3[C@H](CN2C(=O)[C@@H](NC(=O)C(F)(F)F)C(C)(C)C)C3(C)C)c1C. The summed E-state index contributed by atoms with van der Waals surface area (Å²) in [5.74, 6) is -3.81. The molecule has 1 aromatic rings. The molecule has 3 amide bonds. The van der Waals surface area contributed by atoms with Crippen LogP contribution in [0.15, 0.2) is 0 Å². The molecule has 0 aromatic carbocycles. The van der Waals surface area contributed by atoms with Gasteiger partial charge >= 0.3 is 12.1 Å². The van der Waals surface area contributed by atoms with Gasteiger partial charge in [-0.05, 0) is 36.5 Å². The van der Waals surface area contributed by atoms with E-state index in [0.717, 1.165) is 5.69 Å². The number of rotatable bonds is 6. The molecule has 2 aliphatic rings. The Kier molecular flexibility index (Phi) is 6.89. The Morgan fingerprint density at radius 2 is 1.81 bits per heavy atom. The van der Waals surface area contributed by atoms with Gasteiger partial charge in [0, 0.05) is 6.54 Å². The van der Waals surface area contributed by atoms with Gasteiger partial charge in [0.15, 0.2) is 0 Å². The minimum Gasteiger partial charge on any atom is -0.337 e. The van der Waals surface area contributed by atoms with Crippen molar-refractivity contribution >= 4 is 17.7 Å². The molecule has 1 saturated heterocycles. The van der Waals surface area contributed by atoms with Gasteiger partial charge in [-0.2, -0.15) is 18.4 Å². The number of hydrogen-bond donors (Lipinski definition) is 2. The number of nitrogens with zero attached hydrogens (tertiary/aromatic N) is 5. The Labute approximate surface area is 207 Å². The van der Waals surface area contributed by atoms with Crippen LogP contribution in [-0.4, -0.2) is 68.5 Å². The molecule has 2 N–H and O–H groups in total. The quantitative estimate of drug-likeness (QED) is 0.595. The fourth-order valence-corrected chi connectivity index (χ4v) is 5.01. The number of aryl methyl sites for hydroxylation is 1. The average Bonchev–Trinajstić information content (AvgIpc) is 3.07. The third-order valence-corrected chi connectivity index (χ3v) is 7.45. The van der Waals surface area contributed by atoms with Gasteiger partial charge < -0.3 is 15.5 Å². The van der Waals surface area contributed by atoms with Crippen molar-refractivity contribution < 1.29 is 27.6 Å². The molecule has 13 heteroatoms. The van der Waals surface area contributed by atoms with Crippen LogP contribution in [0.2, 0.25) is 0 Å². The van der Waals surface area contributed by atoms with Crippen LogP contribution < -0.4 is 10.6 Å². The first-order valence-corrected chi connectivity index (χ1v) is 11.7. The number of carbonyl (C=O) groups is 3. The molecule has 1 saturated carbocycles. The van der Waals surface area contributed by atoms with Gasteiger partial charge in [-0.15, -0.1) is 5.10 Å². The molecule has 0 unspecified atom stereocenters. The van der Waals surface area contributed by atoms with E-state index >= 15 is 0 Å². The highest BCUT2D eigenvalue weighted by molar-refractivity contribution is 5.95. The number of hydrogen-bond acceptors (Lipinski definition) is 6. The first-order valence-electron chi connectivity index (χ1n) is 11.7. The van der Waals surface area contributed by atoms with E-state index in [4.69, 9.17) is 0 Å². The summed E-state index contributed by atoms with van der Waals surface area (Å²) >= 11 is 0. The normalized spacial score (nSPS) is 24.4. The van der Waals surface area contributed by atoms with Gasteiger partial charge in [0.2, 0.25) is 11.8 Å². The fourth-order valence-electron chi connectivity index (χ4n) is 5.01. The molecule has 0 bridgehead atoms. The van der Waals surface area contributed by atoms with Crippen molar-refractivity contribution in [2.75, 3.05) is 6.54 Å². The Morgan fingerprint density at radius 3 is 2.28 bits per heavy atom. The van der Waals surface area contributed by atoms with Crippen molar-refractivity contribution in [3.05, 3.63) is 11.4 Å². The van der Waals surface area contributed by atoms with E-state index in [1.165, 1.54) is 30.4 Å². The van der Waals surface area contributed by atoms with Crippen LogP contribution in [0.4, 0.5) is 13.2 Å². The monoisotopic (exact) mass is 511 g/mol. The highest BCUT2D eigenvalue weighted by atomic mass is 19.4. The molecule has 2 heterocycles. The molecule has 1 aliphatic carbocycles. The highest BCUT2D eigenvalue weighted by Gasteiger charge is 2.70. The number of nitrogens with one attached hydrogen (secondary N) is 2. The lowest BCUT2D eigenvalue weighted by molar-refractivity contribution is -0.176. The molecule has 5 atom stereocenters. The molecule has 2 fully saturated rings. The molecule has 1 aromatic heterocycles. The lowest BCUT2D eigenvalue weighted by atomic mass is 9.85. The van der Waals surface area contributed by atoms with Gasteiger partial charge in [-0.25, -0.2) is 4.68 Å². The Hall–Kier alpha value is -3.17. The lowest BCUT2D eigenvalue weighted by Crippen LogP contribution is -2.61. The molecule has 3 rings (SSSR count). The molecule has 198 valence electrons. The fraction of sp³-hybridized carbons (Fsp3) is 0.739. The maximum absolute atomic E-state index is 13.5. The predicted octanol–water partition coefficient (Wildman–Crippen LogP) is 1.48. The number of likely N-dealkylation sites (tertiary alicyclic amines) is 1. The highest BCUT2D eigenvalue weighted by Crippen LogP contribution is 2.65. The van der Waals surface area contributed by atoms with Crippen molar-refractivity contribution in [3.63, 3.8) is 0 Å². The van der Waals surface area contributed by atoms with Crippen LogP contribution >= 0.6 is 0 Å². The second-order valence-electron chi connectivity index (χ2n) is 11.3. The van der Waals surface area contributed by atoms with E-state index in [-0.39, 0.29) is 30.3 Å². The van der Waals surface area contributed by atoms with Gasteiger partial charge in [-0.1, -0.05) is 39.8 Å². The maximum atomic E-state index is 13.5. The number of carbonyl (C=O) groups excluding carboxylic acids is 3. The minimum atomic E-state index is -5.16. The average molecular weight is 512 g/mol. The summed E-state index contributed by atoms with van der Waals surface area (Å²) in [5, 5.41) is 22.0. The van der Waals surface area contributed by atoms with Crippen LogP contribution in [0.3, 0.4) is 0 Å². The summed E-state index contributed by atoms with van der Waals surface area (Å²) < 4.78 is 40.4. The van der Waals surface area contributed by atoms with Crippen molar-refractivity contribution in [1.82, 2.24) is 30.5 Å². The van der Waals surface area contributed by atoms with Crippen LogP contribution in [0, 0.1) is 47.8 Å². The largest absolute Gasteiger partial charge is 0.471 e. The number of halogens is 3. The van der Waals surface area contributed by atoms with Crippen LogP contribution in [0.25, 0.3) is 0 Å². The third kappa shape index (κ3) is 5.03. The summed E-state index contributed by atoms with van der Waals surface area (Å²) in [4.78, 5) is 39.9. The van der Waals surface area contributed by atoms with Crippen LogP contribution in [0.1, 0.15) is 46.0 Å². The standard InChI is InChI=1S/C23H32F3N7O3/c1-11-12(2)33(31-30-11)9-13(8-27)28-18(34)16-15-14(22(15,6)7)10-32(16)19(35)17(21(3,4)5)29-20(36)23(24,25)26/h13-17H,9-10H2,1-7H3,(H,28,34)(H,29,36)/t13-,14+,15-,16+,17-/m1/s1. The molecule has 36 heavy (non-hydrogen) atoms. The molecular weight excluding hydrogens is 479 g/mol. The zero-order valence-electron chi connectivity index (χ0n) is 21.4. The van der Waals surface area contributed by atoms with E-state index in [0.29, 0.717) is 5.69 Å². The Balaban J connectivity index is 1.84. The number of alkyl halides is 3. The molecular formula is C23H32F3N7O3. The molecule has 1 aliphatic heterocycles. The van der Waals surface area contributed by atoms with Gasteiger partial charge in [0.1, 0.15) is 18.1 Å². The molecule has 0 radical (unpaired) electrons. The summed E-state index contributed by atoms with van der Waals surface area (Å²) in [5.41, 5.74) is 0.104. The maximum Gasteiger partial charge on any atom is 0.471 e. The van der Waals surface area contributed by atoms with Crippen LogP contribution in [0.5, 0.6) is 0 Å². The second kappa shape index (κ2) is 9.05. The van der Waals surface area contributed by atoms with Crippen molar-refractivity contribution in [1.29, 1.82) is 5.26 Å². The van der Waals surface area contributed by atoms with E-state index < -0.39 is 47.4 Å². The van der Waals surface area contributed by atoms with E-state index in [1.54, 1.807) is 13.8 Å². The number of piperidine rings is 1. The van der Waals surface area contributed by atoms with Crippen molar-refractivity contribution in [2.24, 2.45) is 22.7 Å². The summed E-state index contributed by atoms with van der Waals surface area (Å²) in [7, 11) is 0. The first kappa shape index (κ1) is 27.4. The molecule has 0 spiro atoms. The summed E-state index contributed by atoms with van der Waals surface area (Å²) in [6.45, 7) is 12.3. The van der Waals surface area contributed by atoms with Crippen molar-refractivity contribution in [2.45, 2.75) is 79.3 Å².